The van der Waals surface area contributed by atoms with E-state index in [1.165, 1.54) is 7.11 Å². The lowest BCUT2D eigenvalue weighted by molar-refractivity contribution is -0.129. The Kier molecular flexibility index (Phi) is 4.71. The van der Waals surface area contributed by atoms with Crippen molar-refractivity contribution in [2.75, 3.05) is 24.4 Å². The average molecular weight is 356 g/mol. The maximum absolute atomic E-state index is 12.2. The molecule has 2 N–H and O–H groups in total. The van der Waals surface area contributed by atoms with Crippen molar-refractivity contribution in [2.45, 2.75) is 19.4 Å². The molecule has 1 heterocycles. The number of hydrogen-bond donors (Lipinski definition) is 2. The normalized spacial score (nSPS) is 14.5. The smallest absolute Gasteiger partial charge is 0.268 e. The first-order chi connectivity index (χ1) is 12.4. The minimum Gasteiger partial charge on any atom is -0.493 e. The van der Waals surface area contributed by atoms with Gasteiger partial charge in [-0.1, -0.05) is 18.2 Å². The first-order valence-corrected chi connectivity index (χ1v) is 8.10. The Morgan fingerprint density at radius 3 is 2.62 bits per heavy atom. The lowest BCUT2D eigenvalue weighted by Gasteiger charge is -2.32. The van der Waals surface area contributed by atoms with Gasteiger partial charge in [0.15, 0.2) is 23.7 Å². The minimum absolute atomic E-state index is 0.204. The van der Waals surface area contributed by atoms with Crippen LogP contribution in [0.25, 0.3) is 0 Å². The molecule has 0 saturated carbocycles. The zero-order valence-corrected chi connectivity index (χ0v) is 14.8. The summed E-state index contributed by atoms with van der Waals surface area (Å²) in [4.78, 5) is 24.4. The Labute approximate surface area is 151 Å². The first-order valence-electron chi connectivity index (χ1n) is 8.10. The molecule has 0 atom stereocenters. The number of methoxy groups -OCH3 is 1. The van der Waals surface area contributed by atoms with Gasteiger partial charge in [-0.25, -0.2) is 0 Å². The van der Waals surface area contributed by atoms with Crippen LogP contribution in [0.1, 0.15) is 13.8 Å². The van der Waals surface area contributed by atoms with Crippen LogP contribution in [0.2, 0.25) is 0 Å². The maximum atomic E-state index is 12.2. The van der Waals surface area contributed by atoms with Gasteiger partial charge in [0.05, 0.1) is 12.8 Å². The molecular weight excluding hydrogens is 336 g/mol. The second kappa shape index (κ2) is 6.95. The quantitative estimate of drug-likeness (QED) is 0.860. The van der Waals surface area contributed by atoms with Crippen LogP contribution < -0.4 is 24.8 Å². The zero-order valence-electron chi connectivity index (χ0n) is 14.8. The second-order valence-electron chi connectivity index (χ2n) is 6.23. The van der Waals surface area contributed by atoms with E-state index in [1.807, 2.05) is 6.07 Å². The molecule has 26 heavy (non-hydrogen) atoms. The van der Waals surface area contributed by atoms with E-state index in [2.05, 4.69) is 10.6 Å². The van der Waals surface area contributed by atoms with E-state index >= 15 is 0 Å². The van der Waals surface area contributed by atoms with Gasteiger partial charge in [0.1, 0.15) is 11.4 Å². The van der Waals surface area contributed by atoms with Gasteiger partial charge in [0.2, 0.25) is 0 Å². The Morgan fingerprint density at radius 1 is 1.15 bits per heavy atom. The van der Waals surface area contributed by atoms with Gasteiger partial charge in [-0.3, -0.25) is 9.59 Å². The summed E-state index contributed by atoms with van der Waals surface area (Å²) >= 11 is 0. The van der Waals surface area contributed by atoms with Crippen molar-refractivity contribution >= 4 is 23.2 Å². The molecular formula is C19H20N2O5. The second-order valence-corrected chi connectivity index (χ2v) is 6.23. The van der Waals surface area contributed by atoms with Crippen LogP contribution in [-0.4, -0.2) is 31.1 Å². The average Bonchev–Trinajstić information content (AvgIpc) is 2.61. The molecule has 0 saturated heterocycles. The molecule has 2 aromatic carbocycles. The third-order valence-corrected chi connectivity index (χ3v) is 3.88. The number of fused-ring (bicyclic) bond motifs is 1. The Balaban J connectivity index is 1.70. The molecule has 0 unspecified atom stereocenters. The highest BCUT2D eigenvalue weighted by molar-refractivity contribution is 6.06. The molecule has 136 valence electrons. The number of para-hydroxylation sites is 3. The van der Waals surface area contributed by atoms with Crippen molar-refractivity contribution in [3.05, 3.63) is 42.5 Å². The summed E-state index contributed by atoms with van der Waals surface area (Å²) in [5.74, 6) is 0.859. The van der Waals surface area contributed by atoms with Crippen LogP contribution >= 0.6 is 0 Å². The van der Waals surface area contributed by atoms with Crippen molar-refractivity contribution in [1.82, 2.24) is 0 Å². The third-order valence-electron chi connectivity index (χ3n) is 3.88. The fourth-order valence-electron chi connectivity index (χ4n) is 2.50. The number of hydrogen-bond acceptors (Lipinski definition) is 5. The lowest BCUT2D eigenvalue weighted by Crippen LogP contribution is -2.45. The Bertz CT molecular complexity index is 848. The predicted molar refractivity (Wildman–Crippen MR) is 96.9 cm³/mol. The topological polar surface area (TPSA) is 85.9 Å². The molecule has 0 aromatic heterocycles. The number of amides is 2. The zero-order chi connectivity index (χ0) is 18.7. The van der Waals surface area contributed by atoms with E-state index in [4.69, 9.17) is 14.2 Å². The largest absolute Gasteiger partial charge is 0.493 e. The van der Waals surface area contributed by atoms with Crippen molar-refractivity contribution in [1.29, 1.82) is 0 Å². The van der Waals surface area contributed by atoms with Gasteiger partial charge >= 0.3 is 0 Å². The Morgan fingerprint density at radius 2 is 1.88 bits per heavy atom. The lowest BCUT2D eigenvalue weighted by atomic mass is 10.1. The molecule has 7 heteroatoms. The SMILES string of the molecule is COc1ccccc1OCC(=O)Nc1cccc2c1NC(=O)C(C)(C)O2. The molecule has 1 aliphatic rings. The van der Waals surface area contributed by atoms with Crippen molar-refractivity contribution in [3.8, 4) is 17.2 Å². The van der Waals surface area contributed by atoms with E-state index in [0.717, 1.165) is 0 Å². The molecule has 0 fully saturated rings. The van der Waals surface area contributed by atoms with Crippen LogP contribution in [0.15, 0.2) is 42.5 Å². The third kappa shape index (κ3) is 3.56. The summed E-state index contributed by atoms with van der Waals surface area (Å²) in [6.45, 7) is 3.15. The number of ether oxygens (including phenoxy) is 3. The standard InChI is InChI=1S/C19H20N2O5/c1-19(2)18(23)21-17-12(7-6-10-15(17)26-19)20-16(22)11-25-14-9-5-4-8-13(14)24-3/h4-10H,11H2,1-3H3,(H,20,22)(H,21,23). The number of carbonyl (C=O) groups excluding carboxylic acids is 2. The van der Waals surface area contributed by atoms with Gasteiger partial charge in [0, 0.05) is 0 Å². The molecule has 2 amide bonds. The summed E-state index contributed by atoms with van der Waals surface area (Å²) in [7, 11) is 1.53. The summed E-state index contributed by atoms with van der Waals surface area (Å²) in [5, 5.41) is 5.50. The summed E-state index contributed by atoms with van der Waals surface area (Å²) in [6.07, 6.45) is 0. The van der Waals surface area contributed by atoms with Crippen molar-refractivity contribution in [2.24, 2.45) is 0 Å². The van der Waals surface area contributed by atoms with E-state index in [-0.39, 0.29) is 18.4 Å². The van der Waals surface area contributed by atoms with Gasteiger partial charge in [0.25, 0.3) is 11.8 Å². The fraction of sp³-hybridized carbons (Fsp3) is 0.263. The summed E-state index contributed by atoms with van der Waals surface area (Å²) < 4.78 is 16.4. The molecule has 0 bridgehead atoms. The molecule has 2 aromatic rings. The highest BCUT2D eigenvalue weighted by Crippen LogP contribution is 2.38. The van der Waals surface area contributed by atoms with Gasteiger partial charge in [-0.2, -0.15) is 0 Å². The molecule has 1 aliphatic heterocycles. The van der Waals surface area contributed by atoms with Crippen molar-refractivity contribution < 1.29 is 23.8 Å². The molecule has 0 radical (unpaired) electrons. The number of nitrogens with one attached hydrogen (secondary N) is 2. The molecule has 3 rings (SSSR count). The number of benzene rings is 2. The maximum Gasteiger partial charge on any atom is 0.268 e. The monoisotopic (exact) mass is 356 g/mol. The molecule has 0 aliphatic carbocycles. The number of anilines is 2. The van der Waals surface area contributed by atoms with Crippen LogP contribution in [0.4, 0.5) is 11.4 Å². The summed E-state index contributed by atoms with van der Waals surface area (Å²) in [5.41, 5.74) is -0.0924. The summed E-state index contributed by atoms with van der Waals surface area (Å²) in [6, 6.07) is 12.2. The van der Waals surface area contributed by atoms with Crippen LogP contribution in [-0.2, 0) is 9.59 Å². The first kappa shape index (κ1) is 17.6. The minimum atomic E-state index is -0.970. The van der Waals surface area contributed by atoms with E-state index in [1.54, 1.807) is 50.2 Å². The molecule has 7 nitrogen and oxygen atoms in total. The van der Waals surface area contributed by atoms with E-state index < -0.39 is 5.60 Å². The molecule has 0 spiro atoms. The van der Waals surface area contributed by atoms with Crippen LogP contribution in [0, 0.1) is 0 Å². The Hall–Kier alpha value is -3.22. The van der Waals surface area contributed by atoms with Crippen LogP contribution in [0.3, 0.4) is 0 Å². The fourth-order valence-corrected chi connectivity index (χ4v) is 2.50. The van der Waals surface area contributed by atoms with E-state index in [0.29, 0.717) is 28.6 Å². The number of carbonyl (C=O) groups is 2. The van der Waals surface area contributed by atoms with Crippen LogP contribution in [0.5, 0.6) is 17.2 Å². The highest BCUT2D eigenvalue weighted by Gasteiger charge is 2.36. The van der Waals surface area contributed by atoms with Gasteiger partial charge in [-0.05, 0) is 38.1 Å². The predicted octanol–water partition coefficient (Wildman–Crippen LogP) is 2.82. The van der Waals surface area contributed by atoms with Gasteiger partial charge in [-0.15, -0.1) is 0 Å². The van der Waals surface area contributed by atoms with Gasteiger partial charge < -0.3 is 24.8 Å². The highest BCUT2D eigenvalue weighted by atomic mass is 16.5. The number of rotatable bonds is 5. The van der Waals surface area contributed by atoms with E-state index in [9.17, 15) is 9.59 Å². The van der Waals surface area contributed by atoms with Crippen molar-refractivity contribution in [3.63, 3.8) is 0 Å².